The van der Waals surface area contributed by atoms with Gasteiger partial charge < -0.3 is 9.53 Å². The molecule has 0 radical (unpaired) electrons. The number of halogens is 1. The van der Waals surface area contributed by atoms with Crippen LogP contribution in [0.4, 0.5) is 4.39 Å². The van der Waals surface area contributed by atoms with E-state index in [2.05, 4.69) is 6.07 Å². The van der Waals surface area contributed by atoms with Crippen LogP contribution in [0.2, 0.25) is 0 Å². The van der Waals surface area contributed by atoms with Gasteiger partial charge in [0, 0.05) is 18.6 Å². The van der Waals surface area contributed by atoms with Crippen molar-refractivity contribution >= 4 is 6.29 Å². The van der Waals surface area contributed by atoms with E-state index in [1.165, 1.54) is 38.5 Å². The van der Waals surface area contributed by atoms with Crippen molar-refractivity contribution in [2.24, 2.45) is 17.8 Å². The lowest BCUT2D eigenvalue weighted by Gasteiger charge is -2.37. The molecule has 0 saturated heterocycles. The number of ether oxygens (including phenoxy) is 1. The number of hydrogen-bond acceptors (Lipinski definition) is 2. The summed E-state index contributed by atoms with van der Waals surface area (Å²) in [4.78, 5) is 10.9. The molecule has 0 heterocycles. The van der Waals surface area contributed by atoms with Crippen LogP contribution in [0.5, 0.6) is 0 Å². The van der Waals surface area contributed by atoms with E-state index in [-0.39, 0.29) is 5.82 Å². The molecule has 0 spiro atoms. The van der Waals surface area contributed by atoms with Gasteiger partial charge in [-0.3, -0.25) is 0 Å². The highest BCUT2D eigenvalue weighted by atomic mass is 19.1. The Bertz CT molecular complexity index is 541. The van der Waals surface area contributed by atoms with Crippen LogP contribution >= 0.6 is 0 Å². The lowest BCUT2D eigenvalue weighted by molar-refractivity contribution is -0.112. The highest BCUT2D eigenvalue weighted by Gasteiger charge is 2.31. The topological polar surface area (TPSA) is 26.3 Å². The smallest absolute Gasteiger partial charge is 0.129 e. The average molecular weight is 332 g/mol. The van der Waals surface area contributed by atoms with Gasteiger partial charge in [0.1, 0.15) is 12.1 Å². The summed E-state index contributed by atoms with van der Waals surface area (Å²) in [5.41, 5.74) is 1.79. The molecule has 0 amide bonds. The Kier molecular flexibility index (Phi) is 6.04. The van der Waals surface area contributed by atoms with E-state index in [1.807, 2.05) is 6.07 Å². The van der Waals surface area contributed by atoms with Gasteiger partial charge in [-0.25, -0.2) is 4.39 Å². The molecule has 3 heteroatoms. The molecule has 1 aromatic carbocycles. The standard InChI is InChI=1S/C21H29FO2/c1-24-14-20-11-10-19(12-21(20)22)18-8-6-17(7-9-18)16-4-2-15(13-23)3-5-16/h10-13,15-18H,2-9,14H2,1H3/t15-,16-,17?,18?. The monoisotopic (exact) mass is 332 g/mol. The highest BCUT2D eigenvalue weighted by Crippen LogP contribution is 2.43. The SMILES string of the molecule is COCc1ccc(C2CCC([C@H]3CC[C@H](C=O)CC3)CC2)cc1F. The summed E-state index contributed by atoms with van der Waals surface area (Å²) >= 11 is 0. The predicted octanol–water partition coefficient (Wildman–Crippen LogP) is 5.25. The summed E-state index contributed by atoms with van der Waals surface area (Å²) in [6, 6.07) is 5.67. The molecule has 0 unspecified atom stereocenters. The normalized spacial score (nSPS) is 30.9. The Morgan fingerprint density at radius 3 is 2.21 bits per heavy atom. The maximum absolute atomic E-state index is 14.1. The molecule has 2 nitrogen and oxygen atoms in total. The molecule has 2 saturated carbocycles. The maximum Gasteiger partial charge on any atom is 0.129 e. The quantitative estimate of drug-likeness (QED) is 0.688. The number of rotatable bonds is 5. The summed E-state index contributed by atoms with van der Waals surface area (Å²) in [6.07, 6.45) is 10.6. The van der Waals surface area contributed by atoms with Crippen molar-refractivity contribution in [3.8, 4) is 0 Å². The molecule has 0 aliphatic heterocycles. The summed E-state index contributed by atoms with van der Waals surface area (Å²) in [5, 5.41) is 0. The van der Waals surface area contributed by atoms with Crippen molar-refractivity contribution in [2.75, 3.05) is 7.11 Å². The maximum atomic E-state index is 14.1. The zero-order valence-electron chi connectivity index (χ0n) is 14.7. The van der Waals surface area contributed by atoms with Gasteiger partial charge >= 0.3 is 0 Å². The van der Waals surface area contributed by atoms with Crippen molar-refractivity contribution in [2.45, 2.75) is 63.9 Å². The third-order valence-electron chi connectivity index (χ3n) is 6.30. The van der Waals surface area contributed by atoms with Crippen LogP contribution in [0, 0.1) is 23.6 Å². The summed E-state index contributed by atoms with van der Waals surface area (Å²) < 4.78 is 19.2. The minimum atomic E-state index is -0.136. The Labute approximate surface area is 144 Å². The molecular weight excluding hydrogens is 303 g/mol. The Morgan fingerprint density at radius 1 is 1.04 bits per heavy atom. The molecule has 1 aromatic rings. The molecule has 0 N–H and O–H groups in total. The van der Waals surface area contributed by atoms with Crippen LogP contribution in [0.15, 0.2) is 18.2 Å². The van der Waals surface area contributed by atoms with Gasteiger partial charge in [-0.15, -0.1) is 0 Å². The second-order valence-electron chi connectivity index (χ2n) is 7.71. The summed E-state index contributed by atoms with van der Waals surface area (Å²) in [6.45, 7) is 0.336. The van der Waals surface area contributed by atoms with Crippen molar-refractivity contribution in [3.05, 3.63) is 35.1 Å². The molecule has 2 aliphatic carbocycles. The first-order valence-electron chi connectivity index (χ1n) is 9.43. The molecule has 0 aromatic heterocycles. The second-order valence-corrected chi connectivity index (χ2v) is 7.71. The average Bonchev–Trinajstić information content (AvgIpc) is 2.64. The van der Waals surface area contributed by atoms with E-state index < -0.39 is 0 Å². The first-order chi connectivity index (χ1) is 11.7. The number of carbonyl (C=O) groups is 1. The van der Waals surface area contributed by atoms with Crippen LogP contribution in [-0.4, -0.2) is 13.4 Å². The largest absolute Gasteiger partial charge is 0.380 e. The summed E-state index contributed by atoms with van der Waals surface area (Å²) in [5.74, 6) is 2.29. The van der Waals surface area contributed by atoms with E-state index in [9.17, 15) is 9.18 Å². The number of carbonyl (C=O) groups excluding carboxylic acids is 1. The lowest BCUT2D eigenvalue weighted by atomic mass is 9.68. The fraction of sp³-hybridized carbons (Fsp3) is 0.667. The van der Waals surface area contributed by atoms with Crippen molar-refractivity contribution < 1.29 is 13.9 Å². The van der Waals surface area contributed by atoms with Crippen molar-refractivity contribution in [3.63, 3.8) is 0 Å². The first-order valence-corrected chi connectivity index (χ1v) is 9.43. The fourth-order valence-corrected chi connectivity index (χ4v) is 4.77. The third-order valence-corrected chi connectivity index (χ3v) is 6.30. The third kappa shape index (κ3) is 4.05. The van der Waals surface area contributed by atoms with Gasteiger partial charge in [-0.05, 0) is 80.8 Å². The molecule has 0 atom stereocenters. The molecule has 2 fully saturated rings. The molecule has 2 aliphatic rings. The van der Waals surface area contributed by atoms with Crippen molar-refractivity contribution in [1.82, 2.24) is 0 Å². The lowest BCUT2D eigenvalue weighted by Crippen LogP contribution is -2.25. The van der Waals surface area contributed by atoms with Crippen LogP contribution in [-0.2, 0) is 16.1 Å². The van der Waals surface area contributed by atoms with E-state index >= 15 is 0 Å². The van der Waals surface area contributed by atoms with Crippen LogP contribution in [0.1, 0.15) is 68.4 Å². The van der Waals surface area contributed by atoms with E-state index in [1.54, 1.807) is 13.2 Å². The Hall–Kier alpha value is -1.22. The highest BCUT2D eigenvalue weighted by molar-refractivity contribution is 5.53. The predicted molar refractivity (Wildman–Crippen MR) is 93.3 cm³/mol. The van der Waals surface area contributed by atoms with Gasteiger partial charge in [0.25, 0.3) is 0 Å². The zero-order valence-corrected chi connectivity index (χ0v) is 14.7. The van der Waals surface area contributed by atoms with Crippen LogP contribution in [0.3, 0.4) is 0 Å². The molecule has 132 valence electrons. The van der Waals surface area contributed by atoms with Gasteiger partial charge in [-0.2, -0.15) is 0 Å². The van der Waals surface area contributed by atoms with E-state index in [0.717, 1.165) is 36.5 Å². The molecular formula is C21H29FO2. The minimum Gasteiger partial charge on any atom is -0.380 e. The van der Waals surface area contributed by atoms with Gasteiger partial charge in [0.05, 0.1) is 6.61 Å². The number of hydrogen-bond donors (Lipinski definition) is 0. The second kappa shape index (κ2) is 8.24. The number of methoxy groups -OCH3 is 1. The van der Waals surface area contributed by atoms with Gasteiger partial charge in [-0.1, -0.05) is 12.1 Å². The summed E-state index contributed by atoms with van der Waals surface area (Å²) in [7, 11) is 1.59. The Balaban J connectivity index is 1.53. The van der Waals surface area contributed by atoms with E-state index in [0.29, 0.717) is 24.0 Å². The van der Waals surface area contributed by atoms with Crippen molar-refractivity contribution in [1.29, 1.82) is 0 Å². The van der Waals surface area contributed by atoms with E-state index in [4.69, 9.17) is 4.74 Å². The Morgan fingerprint density at radius 2 is 1.67 bits per heavy atom. The molecule has 0 bridgehead atoms. The minimum absolute atomic E-state index is 0.136. The zero-order chi connectivity index (χ0) is 16.9. The number of benzene rings is 1. The van der Waals surface area contributed by atoms with Crippen LogP contribution < -0.4 is 0 Å². The fourth-order valence-electron chi connectivity index (χ4n) is 4.77. The molecule has 3 rings (SSSR count). The van der Waals surface area contributed by atoms with Crippen LogP contribution in [0.25, 0.3) is 0 Å². The first kappa shape index (κ1) is 17.6. The van der Waals surface area contributed by atoms with Gasteiger partial charge in [0.2, 0.25) is 0 Å². The van der Waals surface area contributed by atoms with Gasteiger partial charge in [0.15, 0.2) is 0 Å². The number of aldehydes is 1. The molecule has 24 heavy (non-hydrogen) atoms.